The molecule has 0 unspecified atom stereocenters. The Kier molecular flexibility index (Phi) is 6.24. The molecule has 126 valence electrons. The lowest BCUT2D eigenvalue weighted by Crippen LogP contribution is -2.50. The molecule has 1 fully saturated rings. The van der Waals surface area contributed by atoms with Crippen molar-refractivity contribution in [1.29, 1.82) is 0 Å². The highest BCUT2D eigenvalue weighted by molar-refractivity contribution is 5.95. The summed E-state index contributed by atoms with van der Waals surface area (Å²) >= 11 is 0. The molecule has 1 aliphatic heterocycles. The van der Waals surface area contributed by atoms with E-state index in [4.69, 9.17) is 9.47 Å². The Balaban J connectivity index is 2.00. The number of hydrogen-bond acceptors (Lipinski definition) is 5. The van der Waals surface area contributed by atoms with E-state index in [-0.39, 0.29) is 18.1 Å². The van der Waals surface area contributed by atoms with E-state index in [1.807, 2.05) is 26.8 Å². The summed E-state index contributed by atoms with van der Waals surface area (Å²) in [5.41, 5.74) is 2.39. The third-order valence-corrected chi connectivity index (χ3v) is 3.77. The van der Waals surface area contributed by atoms with Gasteiger partial charge >= 0.3 is 0 Å². The summed E-state index contributed by atoms with van der Waals surface area (Å²) in [5.74, 6) is 0.498. The summed E-state index contributed by atoms with van der Waals surface area (Å²) < 4.78 is 11.3. The van der Waals surface area contributed by atoms with E-state index in [1.54, 1.807) is 13.1 Å². The summed E-state index contributed by atoms with van der Waals surface area (Å²) in [6.45, 7) is 9.31. The number of aryl methyl sites for hydroxylation is 2. The molecule has 0 radical (unpaired) electrons. The van der Waals surface area contributed by atoms with Crippen LogP contribution in [0.3, 0.4) is 0 Å². The number of carbonyl (C=O) groups excluding carboxylic acids is 1. The zero-order valence-electron chi connectivity index (χ0n) is 14.3. The second-order valence-corrected chi connectivity index (χ2v) is 6.01. The summed E-state index contributed by atoms with van der Waals surface area (Å²) in [4.78, 5) is 20.8. The molecular formula is C17H25N3O3. The number of nitrogens with zero attached hydrogens (tertiary/aromatic N) is 2. The largest absolute Gasteiger partial charge is 0.379 e. The maximum Gasteiger partial charge on any atom is 0.255 e. The normalized spacial score (nSPS) is 20.9. The van der Waals surface area contributed by atoms with E-state index < -0.39 is 0 Å². The molecule has 0 spiro atoms. The predicted molar refractivity (Wildman–Crippen MR) is 87.4 cm³/mol. The quantitative estimate of drug-likeness (QED) is 0.840. The maximum absolute atomic E-state index is 12.5. The van der Waals surface area contributed by atoms with Crippen LogP contribution < -0.4 is 5.32 Å². The highest BCUT2D eigenvalue weighted by Gasteiger charge is 2.28. The minimum absolute atomic E-state index is 0.0671. The van der Waals surface area contributed by atoms with Gasteiger partial charge in [-0.05, 0) is 34.1 Å². The fourth-order valence-electron chi connectivity index (χ4n) is 2.43. The highest BCUT2D eigenvalue weighted by atomic mass is 16.5. The Hall–Kier alpha value is -1.79. The van der Waals surface area contributed by atoms with Crippen molar-refractivity contribution in [1.82, 2.24) is 15.3 Å². The van der Waals surface area contributed by atoms with Crippen LogP contribution in [0.25, 0.3) is 0 Å². The van der Waals surface area contributed by atoms with Crippen molar-refractivity contribution in [3.05, 3.63) is 34.9 Å². The summed E-state index contributed by atoms with van der Waals surface area (Å²) in [6.07, 6.45) is 4.18. The zero-order valence-corrected chi connectivity index (χ0v) is 14.3. The van der Waals surface area contributed by atoms with Gasteiger partial charge < -0.3 is 14.8 Å². The number of hydrogen-bond donors (Lipinski definition) is 1. The summed E-state index contributed by atoms with van der Waals surface area (Å²) in [7, 11) is 0. The molecule has 0 aliphatic carbocycles. The lowest BCUT2D eigenvalue weighted by Gasteiger charge is -2.32. The first-order chi connectivity index (χ1) is 11.0. The van der Waals surface area contributed by atoms with Gasteiger partial charge in [-0.3, -0.25) is 4.79 Å². The highest BCUT2D eigenvalue weighted by Crippen LogP contribution is 2.13. The van der Waals surface area contributed by atoms with Crippen molar-refractivity contribution in [2.24, 2.45) is 0 Å². The molecule has 2 atom stereocenters. The lowest BCUT2D eigenvalue weighted by atomic mass is 10.1. The number of rotatable bonds is 5. The predicted octanol–water partition coefficient (Wildman–Crippen LogP) is 1.96. The van der Waals surface area contributed by atoms with Gasteiger partial charge in [-0.1, -0.05) is 11.6 Å². The second-order valence-electron chi connectivity index (χ2n) is 6.01. The minimum Gasteiger partial charge on any atom is -0.379 e. The Labute approximate surface area is 137 Å². The molecule has 0 bridgehead atoms. The Morgan fingerprint density at radius 3 is 2.96 bits per heavy atom. The van der Waals surface area contributed by atoms with Crippen molar-refractivity contribution in [3.63, 3.8) is 0 Å². The van der Waals surface area contributed by atoms with Gasteiger partial charge in [0.2, 0.25) is 0 Å². The fraction of sp³-hybridized carbons (Fsp3) is 0.588. The lowest BCUT2D eigenvalue weighted by molar-refractivity contribution is -0.0589. The molecule has 23 heavy (non-hydrogen) atoms. The van der Waals surface area contributed by atoms with Crippen LogP contribution in [0.15, 0.2) is 17.8 Å². The van der Waals surface area contributed by atoms with Crippen LogP contribution in [-0.2, 0) is 9.47 Å². The molecule has 6 heteroatoms. The van der Waals surface area contributed by atoms with E-state index in [0.717, 1.165) is 6.42 Å². The first kappa shape index (κ1) is 17.6. The molecule has 2 heterocycles. The Bertz CT molecular complexity index is 582. The summed E-state index contributed by atoms with van der Waals surface area (Å²) in [5, 5.41) is 3.04. The topological polar surface area (TPSA) is 73.3 Å². The second kappa shape index (κ2) is 8.17. The monoisotopic (exact) mass is 319 g/mol. The standard InChI is InChI=1S/C17H25N3O3/c1-11(2)5-8-23-16-10-22-7-6-15(16)20-17(21)14-9-18-13(4)19-12(14)3/h5,9,15-16H,6-8,10H2,1-4H3,(H,20,21)/t15-,16-/m1/s1. The molecule has 1 amide bonds. The van der Waals surface area contributed by atoms with Crippen LogP contribution >= 0.6 is 0 Å². The molecular weight excluding hydrogens is 294 g/mol. The van der Waals surface area contributed by atoms with Crippen molar-refractivity contribution in [2.45, 2.75) is 46.3 Å². The van der Waals surface area contributed by atoms with Crippen LogP contribution in [0.1, 0.15) is 42.1 Å². The van der Waals surface area contributed by atoms with Gasteiger partial charge in [-0.2, -0.15) is 0 Å². The molecule has 0 aromatic carbocycles. The maximum atomic E-state index is 12.5. The van der Waals surface area contributed by atoms with Gasteiger partial charge in [-0.15, -0.1) is 0 Å². The van der Waals surface area contributed by atoms with Crippen molar-refractivity contribution < 1.29 is 14.3 Å². The number of nitrogens with one attached hydrogen (secondary N) is 1. The number of amides is 1. The van der Waals surface area contributed by atoms with Crippen LogP contribution in [0.5, 0.6) is 0 Å². The SMILES string of the molecule is CC(C)=CCO[C@@H]1COCC[C@H]1NC(=O)c1cnc(C)nc1C. The van der Waals surface area contributed by atoms with Gasteiger partial charge in [0.15, 0.2) is 0 Å². The first-order valence-corrected chi connectivity index (χ1v) is 7.91. The Morgan fingerprint density at radius 1 is 1.48 bits per heavy atom. The average Bonchev–Trinajstić information content (AvgIpc) is 2.48. The van der Waals surface area contributed by atoms with E-state index >= 15 is 0 Å². The smallest absolute Gasteiger partial charge is 0.255 e. The van der Waals surface area contributed by atoms with E-state index in [2.05, 4.69) is 15.3 Å². The van der Waals surface area contributed by atoms with E-state index in [0.29, 0.717) is 36.9 Å². The fourth-order valence-corrected chi connectivity index (χ4v) is 2.43. The van der Waals surface area contributed by atoms with Crippen molar-refractivity contribution >= 4 is 5.91 Å². The first-order valence-electron chi connectivity index (χ1n) is 7.91. The number of aromatic nitrogens is 2. The van der Waals surface area contributed by atoms with Gasteiger partial charge in [-0.25, -0.2) is 9.97 Å². The van der Waals surface area contributed by atoms with Crippen LogP contribution in [0, 0.1) is 13.8 Å². The molecule has 6 nitrogen and oxygen atoms in total. The van der Waals surface area contributed by atoms with Gasteiger partial charge in [0, 0.05) is 12.8 Å². The molecule has 1 N–H and O–H groups in total. The van der Waals surface area contributed by atoms with Gasteiger partial charge in [0.25, 0.3) is 5.91 Å². The minimum atomic E-state index is -0.162. The van der Waals surface area contributed by atoms with Crippen LogP contribution in [0.4, 0.5) is 0 Å². The molecule has 1 aromatic rings. The summed E-state index contributed by atoms with van der Waals surface area (Å²) in [6, 6.07) is -0.0671. The number of carbonyl (C=O) groups is 1. The van der Waals surface area contributed by atoms with E-state index in [9.17, 15) is 4.79 Å². The molecule has 1 saturated heterocycles. The van der Waals surface area contributed by atoms with Crippen LogP contribution in [0.2, 0.25) is 0 Å². The van der Waals surface area contributed by atoms with Gasteiger partial charge in [0.05, 0.1) is 30.5 Å². The number of ether oxygens (including phenoxy) is 2. The van der Waals surface area contributed by atoms with Crippen molar-refractivity contribution in [3.8, 4) is 0 Å². The molecule has 1 aliphatic rings. The molecule has 0 saturated carbocycles. The Morgan fingerprint density at radius 2 is 2.26 bits per heavy atom. The van der Waals surface area contributed by atoms with E-state index in [1.165, 1.54) is 5.57 Å². The average molecular weight is 319 g/mol. The number of allylic oxidation sites excluding steroid dienone is 1. The third kappa shape index (κ3) is 5.11. The molecule has 1 aromatic heterocycles. The van der Waals surface area contributed by atoms with Crippen molar-refractivity contribution in [2.75, 3.05) is 19.8 Å². The molecule has 2 rings (SSSR count). The van der Waals surface area contributed by atoms with Gasteiger partial charge in [0.1, 0.15) is 11.9 Å². The third-order valence-electron chi connectivity index (χ3n) is 3.77. The van der Waals surface area contributed by atoms with Crippen LogP contribution in [-0.4, -0.2) is 47.8 Å². The zero-order chi connectivity index (χ0) is 16.8.